The van der Waals surface area contributed by atoms with Gasteiger partial charge >= 0.3 is 0 Å². The van der Waals surface area contributed by atoms with E-state index in [4.69, 9.17) is 4.74 Å². The van der Waals surface area contributed by atoms with E-state index in [1.807, 2.05) is 6.07 Å². The van der Waals surface area contributed by atoms with Gasteiger partial charge in [0.15, 0.2) is 0 Å². The molecule has 0 bridgehead atoms. The highest BCUT2D eigenvalue weighted by Gasteiger charge is 2.23. The lowest BCUT2D eigenvalue weighted by atomic mass is 9.87. The Balaban J connectivity index is 1.58. The molecule has 0 saturated heterocycles. The van der Waals surface area contributed by atoms with Crippen molar-refractivity contribution < 1.29 is 4.74 Å². The van der Waals surface area contributed by atoms with Crippen LogP contribution >= 0.6 is 15.9 Å². The van der Waals surface area contributed by atoms with Crippen molar-refractivity contribution in [1.29, 1.82) is 0 Å². The van der Waals surface area contributed by atoms with Crippen molar-refractivity contribution in [2.45, 2.75) is 50.7 Å². The summed E-state index contributed by atoms with van der Waals surface area (Å²) in [5.41, 5.74) is 3.80. The van der Waals surface area contributed by atoms with E-state index >= 15 is 0 Å². The molecule has 0 aliphatic heterocycles. The highest BCUT2D eigenvalue weighted by Crippen LogP contribution is 2.37. The normalized spacial score (nSPS) is 15.3. The van der Waals surface area contributed by atoms with Crippen molar-refractivity contribution in [1.82, 2.24) is 4.90 Å². The Hall–Kier alpha value is -2.10. The molecule has 1 unspecified atom stereocenters. The quantitative estimate of drug-likeness (QED) is 0.317. The number of nitrogens with zero attached hydrogens (tertiary/aromatic N) is 1. The maximum absolute atomic E-state index is 6.35. The van der Waals surface area contributed by atoms with Crippen LogP contribution in [0.1, 0.15) is 54.7 Å². The van der Waals surface area contributed by atoms with Crippen molar-refractivity contribution in [2.24, 2.45) is 0 Å². The first-order valence-corrected chi connectivity index (χ1v) is 12.2. The van der Waals surface area contributed by atoms with Gasteiger partial charge in [0.2, 0.25) is 0 Å². The molecule has 0 spiro atoms. The molecule has 1 fully saturated rings. The fraction of sp³-hybridized carbons (Fsp3) is 0.357. The molecule has 3 aromatic carbocycles. The predicted molar refractivity (Wildman–Crippen MR) is 133 cm³/mol. The first-order valence-electron chi connectivity index (χ1n) is 11.4. The molecular formula is C28H32BrNO. The summed E-state index contributed by atoms with van der Waals surface area (Å²) in [6, 6.07) is 28.5. The molecule has 31 heavy (non-hydrogen) atoms. The summed E-state index contributed by atoms with van der Waals surface area (Å²) in [5, 5.41) is 0. The Bertz CT molecular complexity index is 938. The first kappa shape index (κ1) is 22.1. The third kappa shape index (κ3) is 5.99. The van der Waals surface area contributed by atoms with Gasteiger partial charge in [-0.2, -0.15) is 0 Å². The van der Waals surface area contributed by atoms with Gasteiger partial charge in [-0.25, -0.2) is 0 Å². The number of benzene rings is 3. The van der Waals surface area contributed by atoms with Crippen LogP contribution in [-0.4, -0.2) is 24.5 Å². The van der Waals surface area contributed by atoms with Crippen molar-refractivity contribution in [3.8, 4) is 5.75 Å². The lowest BCUT2D eigenvalue weighted by Gasteiger charge is -2.28. The molecule has 0 aromatic heterocycles. The van der Waals surface area contributed by atoms with Gasteiger partial charge in [0.1, 0.15) is 12.4 Å². The lowest BCUT2D eigenvalue weighted by Crippen LogP contribution is -2.31. The smallest absolute Gasteiger partial charge is 0.123 e. The topological polar surface area (TPSA) is 12.5 Å². The van der Waals surface area contributed by atoms with Gasteiger partial charge in [-0.1, -0.05) is 89.4 Å². The summed E-state index contributed by atoms with van der Waals surface area (Å²) in [5.74, 6) is 1.28. The lowest BCUT2D eigenvalue weighted by molar-refractivity contribution is 0.238. The number of ether oxygens (including phenoxy) is 1. The molecule has 0 N–H and O–H groups in total. The van der Waals surface area contributed by atoms with E-state index in [9.17, 15) is 0 Å². The number of halogens is 1. The van der Waals surface area contributed by atoms with E-state index in [0.717, 1.165) is 29.2 Å². The molecule has 1 aliphatic rings. The minimum Gasteiger partial charge on any atom is -0.489 e. The van der Waals surface area contributed by atoms with Crippen LogP contribution in [0.3, 0.4) is 0 Å². The highest BCUT2D eigenvalue weighted by atomic mass is 79.9. The standard InChI is InChI=1S/C28H32BrNO/c1-30(25-14-8-9-15-25)19-18-26(23-12-6-3-7-13-23)27-20-24(29)16-17-28(27)31-21-22-10-4-2-5-11-22/h2-7,10-13,16-17,20,25-26H,8-9,14-15,18-19,21H2,1H3. The van der Waals surface area contributed by atoms with Crippen molar-refractivity contribution >= 4 is 15.9 Å². The molecule has 1 aliphatic carbocycles. The Morgan fingerprint density at radius 3 is 2.32 bits per heavy atom. The predicted octanol–water partition coefficient (Wildman–Crippen LogP) is 7.42. The molecule has 1 saturated carbocycles. The summed E-state index contributed by atoms with van der Waals surface area (Å²) < 4.78 is 7.45. The largest absolute Gasteiger partial charge is 0.489 e. The van der Waals surface area contributed by atoms with E-state index in [1.54, 1.807) is 0 Å². The molecule has 4 rings (SSSR count). The summed E-state index contributed by atoms with van der Waals surface area (Å²) in [6.07, 6.45) is 6.51. The highest BCUT2D eigenvalue weighted by molar-refractivity contribution is 9.10. The van der Waals surface area contributed by atoms with Crippen LogP contribution in [0.2, 0.25) is 0 Å². The Kier molecular flexibility index (Phi) is 7.82. The second kappa shape index (κ2) is 11.0. The summed E-state index contributed by atoms with van der Waals surface area (Å²) in [4.78, 5) is 2.57. The maximum Gasteiger partial charge on any atom is 0.123 e. The van der Waals surface area contributed by atoms with E-state index in [2.05, 4.69) is 101 Å². The van der Waals surface area contributed by atoms with Gasteiger partial charge in [-0.15, -0.1) is 0 Å². The van der Waals surface area contributed by atoms with Gasteiger partial charge in [0.25, 0.3) is 0 Å². The molecule has 162 valence electrons. The monoisotopic (exact) mass is 477 g/mol. The summed E-state index contributed by atoms with van der Waals surface area (Å²) in [6.45, 7) is 1.67. The number of hydrogen-bond acceptors (Lipinski definition) is 2. The molecule has 0 heterocycles. The molecule has 0 radical (unpaired) electrons. The average Bonchev–Trinajstić information content (AvgIpc) is 3.35. The fourth-order valence-electron chi connectivity index (χ4n) is 4.71. The first-order chi connectivity index (χ1) is 15.2. The second-order valence-corrected chi connectivity index (χ2v) is 9.54. The van der Waals surface area contributed by atoms with Gasteiger partial charge in [0, 0.05) is 22.0 Å². The SMILES string of the molecule is CN(CCC(c1ccccc1)c1cc(Br)ccc1OCc1ccccc1)C1CCCC1. The molecule has 1 atom stereocenters. The van der Waals surface area contributed by atoms with Gasteiger partial charge < -0.3 is 9.64 Å². The molecular weight excluding hydrogens is 446 g/mol. The Morgan fingerprint density at radius 1 is 0.935 bits per heavy atom. The summed E-state index contributed by atoms with van der Waals surface area (Å²) in [7, 11) is 2.30. The number of hydrogen-bond donors (Lipinski definition) is 0. The van der Waals surface area contributed by atoms with Crippen molar-refractivity contribution in [3.63, 3.8) is 0 Å². The minimum absolute atomic E-state index is 0.299. The Labute approximate surface area is 195 Å². The maximum atomic E-state index is 6.35. The zero-order chi connectivity index (χ0) is 21.5. The molecule has 2 nitrogen and oxygen atoms in total. The van der Waals surface area contributed by atoms with Crippen molar-refractivity contribution in [3.05, 3.63) is 100 Å². The summed E-state index contributed by atoms with van der Waals surface area (Å²) >= 11 is 3.70. The zero-order valence-corrected chi connectivity index (χ0v) is 19.9. The van der Waals surface area contributed by atoms with Crippen LogP contribution in [0.4, 0.5) is 0 Å². The third-order valence-electron chi connectivity index (χ3n) is 6.50. The third-order valence-corrected chi connectivity index (χ3v) is 7.00. The fourth-order valence-corrected chi connectivity index (χ4v) is 5.08. The average molecular weight is 478 g/mol. The second-order valence-electron chi connectivity index (χ2n) is 8.63. The molecule has 3 heteroatoms. The minimum atomic E-state index is 0.299. The van der Waals surface area contributed by atoms with Gasteiger partial charge in [0.05, 0.1) is 0 Å². The molecule has 0 amide bonds. The van der Waals surface area contributed by atoms with Crippen LogP contribution in [0.15, 0.2) is 83.3 Å². The molecule has 3 aromatic rings. The van der Waals surface area contributed by atoms with Crippen LogP contribution in [-0.2, 0) is 6.61 Å². The van der Waals surface area contributed by atoms with Crippen LogP contribution in [0, 0.1) is 0 Å². The Morgan fingerprint density at radius 2 is 1.61 bits per heavy atom. The zero-order valence-electron chi connectivity index (χ0n) is 18.3. The van der Waals surface area contributed by atoms with Crippen LogP contribution in [0.5, 0.6) is 5.75 Å². The van der Waals surface area contributed by atoms with Crippen LogP contribution < -0.4 is 4.74 Å². The van der Waals surface area contributed by atoms with E-state index in [-0.39, 0.29) is 0 Å². The van der Waals surface area contributed by atoms with Gasteiger partial charge in [-0.05, 0) is 62.2 Å². The van der Waals surface area contributed by atoms with Gasteiger partial charge in [-0.3, -0.25) is 0 Å². The van der Waals surface area contributed by atoms with Crippen LogP contribution in [0.25, 0.3) is 0 Å². The van der Waals surface area contributed by atoms with E-state index in [1.165, 1.54) is 42.4 Å². The van der Waals surface area contributed by atoms with E-state index in [0.29, 0.717) is 12.5 Å². The number of rotatable bonds is 9. The van der Waals surface area contributed by atoms with E-state index < -0.39 is 0 Å². The van der Waals surface area contributed by atoms with Crippen molar-refractivity contribution in [2.75, 3.05) is 13.6 Å².